The average molecular weight is 197 g/mol. The maximum absolute atomic E-state index is 12.7. The zero-order valence-electron chi connectivity index (χ0n) is 6.90. The normalized spacial score (nSPS) is 8.85. The van der Waals surface area contributed by atoms with Crippen LogP contribution in [0.3, 0.4) is 0 Å². The Kier molecular flexibility index (Phi) is 3.05. The van der Waals surface area contributed by atoms with Gasteiger partial charge >= 0.3 is 0 Å². The van der Waals surface area contributed by atoms with Crippen molar-refractivity contribution < 1.29 is 9.18 Å². The summed E-state index contributed by atoms with van der Waals surface area (Å²) >= 11 is 5.48. The molecule has 1 aromatic rings. The van der Waals surface area contributed by atoms with Crippen molar-refractivity contribution >= 4 is 17.4 Å². The second-order valence-electron chi connectivity index (χ2n) is 2.33. The first-order valence-electron chi connectivity index (χ1n) is 3.57. The molecule has 13 heavy (non-hydrogen) atoms. The molecule has 1 nitrogen and oxygen atoms in total. The maximum Gasteiger partial charge on any atom is 0.235 e. The van der Waals surface area contributed by atoms with Gasteiger partial charge in [0.15, 0.2) is 0 Å². The van der Waals surface area contributed by atoms with Crippen LogP contribution in [0.25, 0.3) is 0 Å². The van der Waals surface area contributed by atoms with Gasteiger partial charge in [-0.05, 0) is 31.0 Å². The van der Waals surface area contributed by atoms with Crippen LogP contribution < -0.4 is 0 Å². The molecule has 0 fully saturated rings. The molecule has 3 heteroatoms. The van der Waals surface area contributed by atoms with Gasteiger partial charge in [-0.15, -0.1) is 0 Å². The summed E-state index contributed by atoms with van der Waals surface area (Å²) in [6.07, 6.45) is 0. The Morgan fingerprint density at radius 2 is 2.23 bits per heavy atom. The Hall–Kier alpha value is -1.33. The van der Waals surface area contributed by atoms with Gasteiger partial charge in [0.1, 0.15) is 5.82 Å². The van der Waals surface area contributed by atoms with Gasteiger partial charge in [0.05, 0.1) is 5.02 Å². The lowest BCUT2D eigenvalue weighted by molar-refractivity contribution is 0.105. The Labute approximate surface area is 80.5 Å². The quantitative estimate of drug-likeness (QED) is 0.384. The second-order valence-corrected chi connectivity index (χ2v) is 2.74. The highest BCUT2D eigenvalue weighted by Gasteiger charge is 2.05. The average Bonchev–Trinajstić information content (AvgIpc) is 2.10. The Morgan fingerprint density at radius 1 is 1.54 bits per heavy atom. The van der Waals surface area contributed by atoms with Gasteiger partial charge < -0.3 is 0 Å². The molecule has 0 saturated carbocycles. The smallest absolute Gasteiger partial charge is 0.235 e. The van der Waals surface area contributed by atoms with Gasteiger partial charge in [0, 0.05) is 5.56 Å². The Bertz CT molecular complexity index is 401. The summed E-state index contributed by atoms with van der Waals surface area (Å²) in [7, 11) is 0. The predicted octanol–water partition coefficient (Wildman–Crippen LogP) is 2.69. The number of hydrogen-bond acceptors (Lipinski definition) is 1. The molecular formula is C10H6ClFO. The van der Waals surface area contributed by atoms with Gasteiger partial charge in [-0.1, -0.05) is 17.5 Å². The fourth-order valence-corrected chi connectivity index (χ4v) is 1.00. The van der Waals surface area contributed by atoms with E-state index in [-0.39, 0.29) is 10.8 Å². The number of hydrogen-bond donors (Lipinski definition) is 0. The molecule has 0 aliphatic carbocycles. The molecule has 0 N–H and O–H groups in total. The minimum Gasteiger partial charge on any atom is -0.279 e. The SMILES string of the molecule is CC#CC(=O)c1ccc(F)c(Cl)c1. The van der Waals surface area contributed by atoms with Gasteiger partial charge in [0.25, 0.3) is 0 Å². The predicted molar refractivity (Wildman–Crippen MR) is 49.2 cm³/mol. The van der Waals surface area contributed by atoms with Gasteiger partial charge in [-0.2, -0.15) is 0 Å². The van der Waals surface area contributed by atoms with E-state index in [9.17, 15) is 9.18 Å². The van der Waals surface area contributed by atoms with Crippen LogP contribution in [0.2, 0.25) is 5.02 Å². The van der Waals surface area contributed by atoms with Crippen molar-refractivity contribution in [3.05, 3.63) is 34.6 Å². The lowest BCUT2D eigenvalue weighted by Gasteiger charge is -1.95. The van der Waals surface area contributed by atoms with E-state index in [0.717, 1.165) is 6.07 Å². The third-order valence-corrected chi connectivity index (χ3v) is 1.71. The largest absolute Gasteiger partial charge is 0.279 e. The van der Waals surface area contributed by atoms with Crippen LogP contribution in [0.15, 0.2) is 18.2 Å². The van der Waals surface area contributed by atoms with Crippen LogP contribution in [0.4, 0.5) is 4.39 Å². The Balaban J connectivity index is 3.08. The molecule has 0 bridgehead atoms. The molecule has 0 saturated heterocycles. The monoisotopic (exact) mass is 196 g/mol. The van der Waals surface area contributed by atoms with E-state index in [2.05, 4.69) is 11.8 Å². The van der Waals surface area contributed by atoms with E-state index < -0.39 is 5.82 Å². The summed E-state index contributed by atoms with van der Waals surface area (Å²) in [5, 5.41) is -0.0660. The zero-order chi connectivity index (χ0) is 9.84. The number of carbonyl (C=O) groups is 1. The van der Waals surface area contributed by atoms with Crippen molar-refractivity contribution in [1.29, 1.82) is 0 Å². The minimum absolute atomic E-state index is 0.0660. The van der Waals surface area contributed by atoms with Crippen LogP contribution in [-0.4, -0.2) is 5.78 Å². The standard InChI is InChI=1S/C10H6ClFO/c1-2-3-10(13)7-4-5-9(12)8(11)6-7/h4-6H,1H3. The number of benzene rings is 1. The fraction of sp³-hybridized carbons (Fsp3) is 0.100. The molecule has 0 unspecified atom stereocenters. The van der Waals surface area contributed by atoms with Crippen LogP contribution in [0.1, 0.15) is 17.3 Å². The minimum atomic E-state index is -0.539. The van der Waals surface area contributed by atoms with E-state index in [0.29, 0.717) is 5.56 Å². The van der Waals surface area contributed by atoms with Crippen molar-refractivity contribution in [1.82, 2.24) is 0 Å². The molecule has 0 heterocycles. The van der Waals surface area contributed by atoms with Crippen molar-refractivity contribution in [2.75, 3.05) is 0 Å². The third-order valence-electron chi connectivity index (χ3n) is 1.42. The van der Waals surface area contributed by atoms with E-state index in [1.54, 1.807) is 6.92 Å². The second kappa shape index (κ2) is 4.06. The summed E-state index contributed by atoms with van der Waals surface area (Å²) < 4.78 is 12.7. The molecular weight excluding hydrogens is 191 g/mol. The van der Waals surface area contributed by atoms with Crippen molar-refractivity contribution in [3.63, 3.8) is 0 Å². The number of Topliss-reactive ketones (excluding diaryl/α,β-unsaturated/α-hetero) is 1. The summed E-state index contributed by atoms with van der Waals surface area (Å²) in [6, 6.07) is 3.77. The van der Waals surface area contributed by atoms with Crippen LogP contribution in [0.5, 0.6) is 0 Å². The molecule has 0 spiro atoms. The zero-order valence-corrected chi connectivity index (χ0v) is 7.65. The molecule has 0 amide bonds. The summed E-state index contributed by atoms with van der Waals surface area (Å²) in [5.74, 6) is 3.91. The van der Waals surface area contributed by atoms with Gasteiger partial charge in [-0.3, -0.25) is 4.79 Å². The van der Waals surface area contributed by atoms with E-state index >= 15 is 0 Å². The highest BCUT2D eigenvalue weighted by molar-refractivity contribution is 6.31. The van der Waals surface area contributed by atoms with Crippen LogP contribution >= 0.6 is 11.6 Å². The number of carbonyl (C=O) groups excluding carboxylic acids is 1. The molecule has 1 aromatic carbocycles. The molecule has 66 valence electrons. The van der Waals surface area contributed by atoms with Crippen LogP contribution in [0, 0.1) is 17.7 Å². The van der Waals surface area contributed by atoms with E-state index in [1.807, 2.05) is 0 Å². The summed E-state index contributed by atoms with van der Waals surface area (Å²) in [4.78, 5) is 11.2. The first-order chi connectivity index (χ1) is 6.15. The highest BCUT2D eigenvalue weighted by Crippen LogP contribution is 2.15. The molecule has 0 aliphatic rings. The lowest BCUT2D eigenvalue weighted by Crippen LogP contribution is -1.95. The molecule has 0 aromatic heterocycles. The lowest BCUT2D eigenvalue weighted by atomic mass is 10.1. The van der Waals surface area contributed by atoms with Crippen molar-refractivity contribution in [2.24, 2.45) is 0 Å². The third kappa shape index (κ3) is 2.30. The summed E-state index contributed by atoms with van der Waals surface area (Å²) in [6.45, 7) is 1.56. The molecule has 1 rings (SSSR count). The first-order valence-corrected chi connectivity index (χ1v) is 3.95. The van der Waals surface area contributed by atoms with Crippen molar-refractivity contribution in [2.45, 2.75) is 6.92 Å². The fourth-order valence-electron chi connectivity index (χ4n) is 0.823. The molecule has 0 radical (unpaired) electrons. The van der Waals surface area contributed by atoms with E-state index in [4.69, 9.17) is 11.6 Å². The van der Waals surface area contributed by atoms with Gasteiger partial charge in [-0.25, -0.2) is 4.39 Å². The highest BCUT2D eigenvalue weighted by atomic mass is 35.5. The number of rotatable bonds is 1. The topological polar surface area (TPSA) is 17.1 Å². The summed E-state index contributed by atoms with van der Waals surface area (Å²) in [5.41, 5.74) is 0.306. The number of halogens is 2. The van der Waals surface area contributed by atoms with Gasteiger partial charge in [0.2, 0.25) is 5.78 Å². The number of ketones is 1. The molecule has 0 aliphatic heterocycles. The Morgan fingerprint density at radius 3 is 2.77 bits per heavy atom. The van der Waals surface area contributed by atoms with Crippen molar-refractivity contribution in [3.8, 4) is 11.8 Å². The van der Waals surface area contributed by atoms with Crippen LogP contribution in [-0.2, 0) is 0 Å². The first kappa shape index (κ1) is 9.76. The van der Waals surface area contributed by atoms with E-state index in [1.165, 1.54) is 12.1 Å². The molecule has 0 atom stereocenters. The maximum atomic E-state index is 12.7.